The highest BCUT2D eigenvalue weighted by Crippen LogP contribution is 2.31. The van der Waals surface area contributed by atoms with Crippen LogP contribution in [0.2, 0.25) is 0 Å². The number of hydrogen-bond acceptors (Lipinski definition) is 2. The number of hydrogen-bond donors (Lipinski definition) is 0. The highest BCUT2D eigenvalue weighted by molar-refractivity contribution is 5.66. The zero-order valence-electron chi connectivity index (χ0n) is 14.2. The predicted molar refractivity (Wildman–Crippen MR) is 87.2 cm³/mol. The van der Waals surface area contributed by atoms with Crippen LogP contribution in [0.4, 0.5) is 17.6 Å². The van der Waals surface area contributed by atoms with Gasteiger partial charge in [-0.2, -0.15) is 0 Å². The van der Waals surface area contributed by atoms with Crippen molar-refractivity contribution in [1.29, 1.82) is 0 Å². The van der Waals surface area contributed by atoms with Crippen molar-refractivity contribution in [3.8, 4) is 11.1 Å². The molecule has 0 bridgehead atoms. The molecule has 0 aliphatic rings. The van der Waals surface area contributed by atoms with Crippen molar-refractivity contribution in [2.75, 3.05) is 20.3 Å². The van der Waals surface area contributed by atoms with Crippen molar-refractivity contribution in [3.63, 3.8) is 0 Å². The first-order chi connectivity index (χ1) is 12.0. The molecule has 0 heterocycles. The highest BCUT2D eigenvalue weighted by atomic mass is 19.2. The largest absolute Gasteiger partial charge is 0.384 e. The van der Waals surface area contributed by atoms with Crippen molar-refractivity contribution in [3.05, 3.63) is 58.7 Å². The van der Waals surface area contributed by atoms with Crippen LogP contribution in [0.15, 0.2) is 24.3 Å². The summed E-state index contributed by atoms with van der Waals surface area (Å²) in [6, 6.07) is 5.15. The van der Waals surface area contributed by atoms with E-state index in [2.05, 4.69) is 0 Å². The lowest BCUT2D eigenvalue weighted by Crippen LogP contribution is -2.04. The van der Waals surface area contributed by atoms with Gasteiger partial charge in [0.2, 0.25) is 0 Å². The van der Waals surface area contributed by atoms with E-state index in [1.165, 1.54) is 31.4 Å². The number of benzene rings is 2. The lowest BCUT2D eigenvalue weighted by Gasteiger charge is -2.12. The van der Waals surface area contributed by atoms with Crippen LogP contribution < -0.4 is 0 Å². The Kier molecular flexibility index (Phi) is 6.96. The third-order valence-electron chi connectivity index (χ3n) is 3.80. The molecule has 0 saturated carbocycles. The van der Waals surface area contributed by atoms with Crippen LogP contribution >= 0.6 is 0 Å². The van der Waals surface area contributed by atoms with Crippen LogP contribution in [0.5, 0.6) is 0 Å². The topological polar surface area (TPSA) is 18.5 Å². The molecule has 0 saturated heterocycles. The number of methoxy groups -OCH3 is 1. The second kappa shape index (κ2) is 8.97. The molecule has 0 aliphatic carbocycles. The van der Waals surface area contributed by atoms with Crippen molar-refractivity contribution in [1.82, 2.24) is 0 Å². The van der Waals surface area contributed by atoms with E-state index in [4.69, 9.17) is 9.47 Å². The Balaban J connectivity index is 2.35. The first-order valence-electron chi connectivity index (χ1n) is 8.02. The molecular formula is C19H20F4O2. The summed E-state index contributed by atoms with van der Waals surface area (Å²) in [5.74, 6) is -4.62. The normalized spacial score (nSPS) is 11.1. The van der Waals surface area contributed by atoms with Gasteiger partial charge in [0, 0.05) is 30.4 Å². The molecule has 0 atom stereocenters. The second-order valence-electron chi connectivity index (χ2n) is 5.60. The van der Waals surface area contributed by atoms with Gasteiger partial charge >= 0.3 is 0 Å². The zero-order valence-corrected chi connectivity index (χ0v) is 14.2. The van der Waals surface area contributed by atoms with Crippen LogP contribution in [-0.2, 0) is 22.5 Å². The molecule has 2 rings (SSSR count). The summed E-state index contributed by atoms with van der Waals surface area (Å²) in [5, 5.41) is 0. The first kappa shape index (κ1) is 19.4. The molecule has 0 amide bonds. The number of rotatable bonds is 8. The van der Waals surface area contributed by atoms with Gasteiger partial charge in [0.05, 0.1) is 13.2 Å². The Morgan fingerprint density at radius 1 is 0.760 bits per heavy atom. The first-order valence-corrected chi connectivity index (χ1v) is 8.02. The maximum atomic E-state index is 14.3. The van der Waals surface area contributed by atoms with E-state index in [9.17, 15) is 17.6 Å². The van der Waals surface area contributed by atoms with Gasteiger partial charge in [-0.3, -0.25) is 0 Å². The SMILES string of the molecule is CCCOCc1ccc(-c2ccc(CCOC)c(F)c2F)c(F)c1F. The average Bonchev–Trinajstić information content (AvgIpc) is 2.61. The van der Waals surface area contributed by atoms with Crippen molar-refractivity contribution in [2.24, 2.45) is 0 Å². The third-order valence-corrected chi connectivity index (χ3v) is 3.80. The summed E-state index contributed by atoms with van der Waals surface area (Å²) in [6.07, 6.45) is 0.937. The monoisotopic (exact) mass is 356 g/mol. The van der Waals surface area contributed by atoms with Gasteiger partial charge in [-0.25, -0.2) is 17.6 Å². The molecule has 0 N–H and O–H groups in total. The van der Waals surface area contributed by atoms with Gasteiger partial charge in [-0.05, 0) is 18.4 Å². The summed E-state index contributed by atoms with van der Waals surface area (Å²) in [7, 11) is 1.45. The smallest absolute Gasteiger partial charge is 0.167 e. The summed E-state index contributed by atoms with van der Waals surface area (Å²) in [4.78, 5) is 0. The molecule has 0 aromatic heterocycles. The fourth-order valence-electron chi connectivity index (χ4n) is 2.44. The van der Waals surface area contributed by atoms with E-state index in [1.807, 2.05) is 6.92 Å². The Hall–Kier alpha value is -1.92. The molecule has 0 spiro atoms. The maximum Gasteiger partial charge on any atom is 0.167 e. The summed E-state index contributed by atoms with van der Waals surface area (Å²) in [6.45, 7) is 2.47. The molecule has 0 unspecified atom stereocenters. The van der Waals surface area contributed by atoms with E-state index < -0.39 is 23.3 Å². The minimum Gasteiger partial charge on any atom is -0.384 e. The summed E-state index contributed by atoms with van der Waals surface area (Å²) >= 11 is 0. The van der Waals surface area contributed by atoms with Crippen molar-refractivity contribution >= 4 is 0 Å². The second-order valence-corrected chi connectivity index (χ2v) is 5.60. The number of halogens is 4. The lowest BCUT2D eigenvalue weighted by molar-refractivity contribution is 0.118. The molecule has 0 aliphatic heterocycles. The quantitative estimate of drug-likeness (QED) is 0.488. The van der Waals surface area contributed by atoms with Crippen LogP contribution in [-0.4, -0.2) is 20.3 Å². The molecule has 0 fully saturated rings. The van der Waals surface area contributed by atoms with Gasteiger partial charge in [-0.15, -0.1) is 0 Å². The molecule has 2 aromatic carbocycles. The Morgan fingerprint density at radius 2 is 1.32 bits per heavy atom. The van der Waals surface area contributed by atoms with Crippen LogP contribution in [0, 0.1) is 23.3 Å². The van der Waals surface area contributed by atoms with Crippen LogP contribution in [0.1, 0.15) is 24.5 Å². The minimum atomic E-state index is -1.22. The Bertz CT molecular complexity index is 732. The molecule has 0 radical (unpaired) electrons. The highest BCUT2D eigenvalue weighted by Gasteiger charge is 2.20. The van der Waals surface area contributed by atoms with E-state index in [0.717, 1.165) is 6.42 Å². The van der Waals surface area contributed by atoms with Crippen molar-refractivity contribution < 1.29 is 27.0 Å². The third kappa shape index (κ3) is 4.38. The predicted octanol–water partition coefficient (Wildman–Crippen LogP) is 5.03. The molecule has 136 valence electrons. The van der Waals surface area contributed by atoms with Gasteiger partial charge < -0.3 is 9.47 Å². The molecule has 6 heteroatoms. The van der Waals surface area contributed by atoms with E-state index in [-0.39, 0.29) is 41.9 Å². The van der Waals surface area contributed by atoms with Crippen LogP contribution in [0.3, 0.4) is 0 Å². The zero-order chi connectivity index (χ0) is 18.4. The summed E-state index contributed by atoms with van der Waals surface area (Å²) in [5.41, 5.74) is -0.497. The molecular weight excluding hydrogens is 336 g/mol. The average molecular weight is 356 g/mol. The van der Waals surface area contributed by atoms with Gasteiger partial charge in [-0.1, -0.05) is 31.2 Å². The summed E-state index contributed by atoms with van der Waals surface area (Å²) < 4.78 is 67.0. The van der Waals surface area contributed by atoms with Gasteiger partial charge in [0.1, 0.15) is 0 Å². The van der Waals surface area contributed by atoms with E-state index in [0.29, 0.717) is 6.61 Å². The van der Waals surface area contributed by atoms with Crippen molar-refractivity contribution in [2.45, 2.75) is 26.4 Å². The maximum absolute atomic E-state index is 14.3. The lowest BCUT2D eigenvalue weighted by atomic mass is 9.99. The number of ether oxygens (including phenoxy) is 2. The molecule has 2 aromatic rings. The molecule has 2 nitrogen and oxygen atoms in total. The van der Waals surface area contributed by atoms with E-state index in [1.54, 1.807) is 0 Å². The van der Waals surface area contributed by atoms with Gasteiger partial charge in [0.15, 0.2) is 23.3 Å². The fraction of sp³-hybridized carbons (Fsp3) is 0.368. The Labute approximate surface area is 144 Å². The minimum absolute atomic E-state index is 0.0345. The molecule has 25 heavy (non-hydrogen) atoms. The Morgan fingerprint density at radius 3 is 1.88 bits per heavy atom. The van der Waals surface area contributed by atoms with Gasteiger partial charge in [0.25, 0.3) is 0 Å². The van der Waals surface area contributed by atoms with Crippen LogP contribution in [0.25, 0.3) is 11.1 Å². The standard InChI is InChI=1S/C19H20F4O2/c1-3-9-25-11-13-5-7-15(19(23)17(13)21)14-6-4-12(8-10-24-2)16(20)18(14)22/h4-7H,3,8-11H2,1-2H3. The fourth-order valence-corrected chi connectivity index (χ4v) is 2.44. The van der Waals surface area contributed by atoms with E-state index >= 15 is 0 Å².